The molecule has 0 aliphatic carbocycles. The fourth-order valence-electron chi connectivity index (χ4n) is 12.2. The van der Waals surface area contributed by atoms with Crippen molar-refractivity contribution in [2.45, 2.75) is 110 Å². The number of hydrogen-bond donors (Lipinski definition) is 5. The number of ketones is 2. The zero-order valence-corrected chi connectivity index (χ0v) is 53.6. The molecule has 4 aromatic carbocycles. The smallest absolute Gasteiger partial charge is 0.415 e. The number of aromatic nitrogens is 2. The van der Waals surface area contributed by atoms with Crippen LogP contribution in [0.4, 0.5) is 16.2 Å². The van der Waals surface area contributed by atoms with E-state index in [-0.39, 0.29) is 92.3 Å². The average molecular weight is 1290 g/mol. The molecule has 10 rings (SSSR count). The number of anilines is 2. The number of halogens is 1. The van der Waals surface area contributed by atoms with Crippen LogP contribution in [0.3, 0.4) is 0 Å². The molecule has 21 nitrogen and oxygen atoms in total. The van der Waals surface area contributed by atoms with E-state index in [1.54, 1.807) is 58.3 Å². The van der Waals surface area contributed by atoms with Crippen molar-refractivity contribution >= 4 is 125 Å². The van der Waals surface area contributed by atoms with E-state index in [0.29, 0.717) is 109 Å². The summed E-state index contributed by atoms with van der Waals surface area (Å²) in [4.78, 5) is 144. The van der Waals surface area contributed by atoms with E-state index in [2.05, 4.69) is 25.5 Å². The zero-order valence-electron chi connectivity index (χ0n) is 52.0. The number of primary amides is 1. The van der Waals surface area contributed by atoms with Gasteiger partial charge in [0.1, 0.15) is 12.3 Å². The van der Waals surface area contributed by atoms with Crippen LogP contribution >= 0.6 is 22.9 Å². The van der Waals surface area contributed by atoms with E-state index in [4.69, 9.17) is 26.8 Å². The summed E-state index contributed by atoms with van der Waals surface area (Å²) in [5.41, 5.74) is 12.7. The Balaban J connectivity index is 0.707. The van der Waals surface area contributed by atoms with Crippen LogP contribution in [-0.2, 0) is 57.7 Å². The minimum absolute atomic E-state index is 0.0325. The fourth-order valence-corrected chi connectivity index (χ4v) is 13.4. The normalized spacial score (nSPS) is 15.6. The first-order valence-electron chi connectivity index (χ1n) is 31.2. The van der Waals surface area contributed by atoms with Crippen LogP contribution in [0.5, 0.6) is 5.75 Å². The summed E-state index contributed by atoms with van der Waals surface area (Å²) in [6.45, 7) is 8.82. The SMILES string of the molecule is Cc1csc2c(OC(=O)N3CCN(C)CC3)cc3c(c12)[C@@H](CCl)CN3C(=O)c1cc2cc(CC(=O)c3cc4cc(CC(=O)OCc5ccc(NC(=O)[C@H](CCCCC(N)=O)CC(=O)[C@@H](NC(=O)CCCCCN6C(=O)C=CC6=O)C(C)C)cc5)ccc4[nH]3)ccc2[nH]1. The average Bonchev–Trinajstić information content (AvgIpc) is 1.57. The number of imide groups is 1. The Kier molecular flexibility index (Phi) is 21.2. The Bertz CT molecular complexity index is 4010. The highest BCUT2D eigenvalue weighted by molar-refractivity contribution is 7.17. The number of amides is 7. The van der Waals surface area contributed by atoms with Gasteiger partial charge < -0.3 is 50.5 Å². The van der Waals surface area contributed by atoms with E-state index in [9.17, 15) is 47.9 Å². The van der Waals surface area contributed by atoms with Crippen LogP contribution in [0, 0.1) is 18.8 Å². The molecule has 7 aromatic rings. The van der Waals surface area contributed by atoms with Crippen molar-refractivity contribution in [3.63, 3.8) is 0 Å². The molecule has 92 heavy (non-hydrogen) atoms. The maximum Gasteiger partial charge on any atom is 0.415 e. The molecule has 3 aromatic heterocycles. The summed E-state index contributed by atoms with van der Waals surface area (Å²) in [6, 6.07) is 22.3. The highest BCUT2D eigenvalue weighted by atomic mass is 35.5. The number of nitrogens with two attached hydrogens (primary N) is 1. The molecule has 23 heteroatoms. The number of aryl methyl sites for hydroxylation is 1. The van der Waals surface area contributed by atoms with Crippen LogP contribution < -0.4 is 26.0 Å². The van der Waals surface area contributed by atoms with Gasteiger partial charge in [-0.3, -0.25) is 48.1 Å². The number of piperazine rings is 1. The molecule has 0 spiro atoms. The van der Waals surface area contributed by atoms with Gasteiger partial charge in [-0.25, -0.2) is 4.79 Å². The molecule has 1 fully saturated rings. The maximum atomic E-state index is 14.5. The number of nitrogens with zero attached hydrogens (tertiary/aromatic N) is 4. The number of ether oxygens (including phenoxy) is 2. The topological polar surface area (TPSA) is 284 Å². The second kappa shape index (κ2) is 29.5. The van der Waals surface area contributed by atoms with E-state index in [0.717, 1.165) is 61.1 Å². The predicted octanol–water partition coefficient (Wildman–Crippen LogP) is 9.80. The van der Waals surface area contributed by atoms with Crippen LogP contribution in [0.1, 0.15) is 126 Å². The third-order valence-electron chi connectivity index (χ3n) is 17.3. The Morgan fingerprint density at radius 3 is 2.10 bits per heavy atom. The number of unbranched alkanes of at least 4 members (excludes halogenated alkanes) is 3. The number of alkyl halides is 1. The van der Waals surface area contributed by atoms with Crippen molar-refractivity contribution < 1.29 is 57.4 Å². The Morgan fingerprint density at radius 1 is 0.772 bits per heavy atom. The second-order valence-electron chi connectivity index (χ2n) is 24.5. The number of hydrogen-bond acceptors (Lipinski definition) is 14. The molecule has 7 amide bonds. The van der Waals surface area contributed by atoms with Crippen molar-refractivity contribution in [1.82, 2.24) is 30.0 Å². The van der Waals surface area contributed by atoms with Gasteiger partial charge in [-0.15, -0.1) is 22.9 Å². The lowest BCUT2D eigenvalue weighted by Crippen LogP contribution is -2.48. The molecular weight excluding hydrogens is 1210 g/mol. The number of rotatable bonds is 28. The summed E-state index contributed by atoms with van der Waals surface area (Å²) >= 11 is 8.11. The predicted molar refractivity (Wildman–Crippen MR) is 352 cm³/mol. The van der Waals surface area contributed by atoms with Crippen molar-refractivity contribution in [3.05, 3.63) is 136 Å². The van der Waals surface area contributed by atoms with E-state index < -0.39 is 35.8 Å². The van der Waals surface area contributed by atoms with E-state index >= 15 is 0 Å². The number of H-pyrrole nitrogens is 2. The molecule has 6 N–H and O–H groups in total. The number of aromatic amines is 2. The number of carbonyl (C=O) groups is 10. The number of likely N-dealkylation sites (N-methyl/N-ethyl adjacent to an activating group) is 1. The molecule has 482 valence electrons. The van der Waals surface area contributed by atoms with Gasteiger partial charge in [-0.1, -0.05) is 51.0 Å². The Hall–Kier alpha value is -8.99. The quantitative estimate of drug-likeness (QED) is 0.0100. The lowest BCUT2D eigenvalue weighted by molar-refractivity contribution is -0.144. The highest BCUT2D eigenvalue weighted by Crippen LogP contribution is 2.49. The van der Waals surface area contributed by atoms with Gasteiger partial charge in [0.25, 0.3) is 17.7 Å². The van der Waals surface area contributed by atoms with Crippen LogP contribution in [0.15, 0.2) is 96.4 Å². The summed E-state index contributed by atoms with van der Waals surface area (Å²) in [6.07, 6.45) is 5.01. The Labute approximate surface area is 541 Å². The Morgan fingerprint density at radius 2 is 1.42 bits per heavy atom. The maximum absolute atomic E-state index is 14.5. The van der Waals surface area contributed by atoms with E-state index in [1.807, 2.05) is 63.5 Å². The first-order chi connectivity index (χ1) is 44.2. The van der Waals surface area contributed by atoms with Gasteiger partial charge in [-0.2, -0.15) is 0 Å². The first-order valence-corrected chi connectivity index (χ1v) is 32.6. The molecule has 0 radical (unpaired) electrons. The molecular formula is C69H76ClN9O12S. The highest BCUT2D eigenvalue weighted by Gasteiger charge is 2.38. The molecule has 3 aliphatic heterocycles. The minimum Gasteiger partial charge on any atom is -0.461 e. The van der Waals surface area contributed by atoms with Crippen LogP contribution in [0.2, 0.25) is 0 Å². The lowest BCUT2D eigenvalue weighted by atomic mass is 9.88. The fraction of sp³-hybridized carbons (Fsp3) is 0.391. The minimum atomic E-state index is -0.846. The van der Waals surface area contributed by atoms with Crippen molar-refractivity contribution in [2.24, 2.45) is 17.6 Å². The summed E-state index contributed by atoms with van der Waals surface area (Å²) in [5.74, 6) is -3.60. The van der Waals surface area contributed by atoms with Gasteiger partial charge >= 0.3 is 12.1 Å². The van der Waals surface area contributed by atoms with E-state index in [1.165, 1.54) is 23.5 Å². The van der Waals surface area contributed by atoms with Gasteiger partial charge in [0.15, 0.2) is 17.3 Å². The number of thiophene rings is 1. The third kappa shape index (κ3) is 15.8. The second-order valence-corrected chi connectivity index (χ2v) is 25.7. The summed E-state index contributed by atoms with van der Waals surface area (Å²) in [7, 11) is 2.02. The number of carbonyl (C=O) groups excluding carboxylic acids is 10. The van der Waals surface area contributed by atoms with Crippen molar-refractivity contribution in [2.75, 3.05) is 62.4 Å². The van der Waals surface area contributed by atoms with Crippen LogP contribution in [0.25, 0.3) is 31.9 Å². The third-order valence-corrected chi connectivity index (χ3v) is 18.8. The van der Waals surface area contributed by atoms with Gasteiger partial charge in [0.05, 0.1) is 28.5 Å². The van der Waals surface area contributed by atoms with Crippen LogP contribution in [-0.4, -0.2) is 142 Å². The van der Waals surface area contributed by atoms with Crippen molar-refractivity contribution in [1.29, 1.82) is 0 Å². The van der Waals surface area contributed by atoms with Gasteiger partial charge in [0, 0.05) is 134 Å². The molecule has 6 heterocycles. The summed E-state index contributed by atoms with van der Waals surface area (Å²) in [5, 5.41) is 10.2. The summed E-state index contributed by atoms with van der Waals surface area (Å²) < 4.78 is 12.6. The molecule has 0 bridgehead atoms. The molecule has 0 unspecified atom stereocenters. The van der Waals surface area contributed by atoms with Gasteiger partial charge in [0.2, 0.25) is 17.7 Å². The monoisotopic (exact) mass is 1290 g/mol. The van der Waals surface area contributed by atoms with Gasteiger partial charge in [-0.05, 0) is 127 Å². The lowest BCUT2D eigenvalue weighted by Gasteiger charge is -2.31. The largest absolute Gasteiger partial charge is 0.461 e. The number of esters is 1. The standard InChI is InChI=1S/C69H76ClN9O12S/c1-40(2)65(75-59(83)12-6-5-9-23-78-60(84)21-22-61(78)85)56(81)34-45(10-7-8-11-58(71)82)67(87)72-49-17-13-42(14-18-49)38-90-62(86)31-44-16-20-50-46(29-44)32-52(73-50)55(80)30-43-15-19-51-47(28-43)33-53(74-51)68(88)79-37-48(36-70)64-54(79)35-57(66-63(64)41(3)39-92-66)91-69(89)77-26-24-76(4)25-27-77/h13-22,28-29,32-33,35,39-40,45,48,65,73-74H,5-12,23-27,30-31,34,36-38H2,1-4H3,(H2,71,82)(H,72,87)(H,75,83)/t45-,48+,65+/m1/s1. The molecule has 0 saturated carbocycles. The van der Waals surface area contributed by atoms with Crippen molar-refractivity contribution in [3.8, 4) is 5.75 Å². The number of fused-ring (bicyclic) bond motifs is 5. The number of benzene rings is 4. The number of Topliss-reactive ketones (excluding diaryl/α,β-unsaturated/α-hetero) is 2. The molecule has 3 atom stereocenters. The zero-order chi connectivity index (χ0) is 65.3. The first kappa shape index (κ1) is 65.9. The molecule has 1 saturated heterocycles. The molecule has 3 aliphatic rings. The number of nitrogens with one attached hydrogen (secondary N) is 4.